The first-order valence-electron chi connectivity index (χ1n) is 24.3. The van der Waals surface area contributed by atoms with Crippen molar-refractivity contribution in [3.63, 3.8) is 0 Å². The van der Waals surface area contributed by atoms with Gasteiger partial charge in [0.05, 0.1) is 26.0 Å². The standard InChI is InChI=1S/C46H70N16O13S2/c1-22(2)36-44(74)53-17-35(67)61-37(23(3)4)45(75)57-28(7-6-12-51-46(48)49)40(70)60-32(38(47)68)19-76-77-20-33(55-24(5)64)43(73)58-30(14-26-15-50-21-54-26)41(71)59-31(18-63)39(69)52-16-34(66)56-29(42(72)62-36)13-25-8-10-27(65)11-9-25/h8-11,15,21-23,28-33,36-37,63,65H,6-7,12-14,16-20H2,1-5H3,(H2,47,68)(H,50,54)(H,52,69)(H,53,74)(H,55,64)(H,56,66)(H,57,75)(H,58,73)(H,59,71)(H,60,70)(H,61,67)(H,62,72)(H4,48,49,51). The number of hydrogen-bond donors (Lipinski definition) is 16. The summed E-state index contributed by atoms with van der Waals surface area (Å²) in [5, 5.41) is 45.0. The van der Waals surface area contributed by atoms with Crippen LogP contribution >= 0.6 is 21.6 Å². The second-order valence-electron chi connectivity index (χ2n) is 18.3. The second-order valence-corrected chi connectivity index (χ2v) is 20.9. The van der Waals surface area contributed by atoms with Gasteiger partial charge in [-0.1, -0.05) is 61.4 Å². The number of aliphatic imine (C=N–C) groups is 1. The SMILES string of the molecule is CC(=O)NC1CSSCC(C(N)=O)NC(=O)C(CCCN=C(N)N)NC(=O)C(C(C)C)NC(=O)CNC(=O)C(C(C)C)NC(=O)C(Cc2ccc(O)cc2)NC(=O)CNC(=O)C(CO)NC(=O)C(Cc2cnc[nH]2)NC1=O. The fraction of sp³-hybridized carbons (Fsp3) is 0.543. The monoisotopic (exact) mass is 1120 g/mol. The number of phenols is 1. The molecular weight excluding hydrogens is 1050 g/mol. The number of guanidine groups is 1. The Balaban J connectivity index is 2.03. The maximum Gasteiger partial charge on any atom is 0.245 e. The molecule has 1 fully saturated rings. The Bertz CT molecular complexity index is 2410. The molecule has 2 heterocycles. The van der Waals surface area contributed by atoms with E-state index in [-0.39, 0.29) is 55.4 Å². The minimum Gasteiger partial charge on any atom is -0.508 e. The van der Waals surface area contributed by atoms with Crippen molar-refractivity contribution in [3.8, 4) is 5.75 Å². The number of aromatic nitrogens is 2. The van der Waals surface area contributed by atoms with Gasteiger partial charge >= 0.3 is 0 Å². The molecule has 8 unspecified atom stereocenters. The third-order valence-corrected chi connectivity index (χ3v) is 13.7. The summed E-state index contributed by atoms with van der Waals surface area (Å²) < 4.78 is 0. The molecule has 0 aliphatic carbocycles. The predicted octanol–water partition coefficient (Wildman–Crippen LogP) is -5.73. The summed E-state index contributed by atoms with van der Waals surface area (Å²) >= 11 is 0. The highest BCUT2D eigenvalue weighted by atomic mass is 33.1. The molecule has 29 nitrogen and oxygen atoms in total. The van der Waals surface area contributed by atoms with E-state index in [2.05, 4.69) is 68.1 Å². The Kier molecular flexibility index (Phi) is 26.5. The molecule has 77 heavy (non-hydrogen) atoms. The minimum absolute atomic E-state index is 0.0429. The number of carbonyl (C=O) groups is 11. The molecule has 424 valence electrons. The van der Waals surface area contributed by atoms with Crippen molar-refractivity contribution in [1.29, 1.82) is 0 Å². The van der Waals surface area contributed by atoms with Crippen molar-refractivity contribution in [2.75, 3.05) is 37.7 Å². The largest absolute Gasteiger partial charge is 0.508 e. The minimum atomic E-state index is -1.70. The highest BCUT2D eigenvalue weighted by Crippen LogP contribution is 2.23. The number of H-pyrrole nitrogens is 1. The van der Waals surface area contributed by atoms with E-state index in [0.717, 1.165) is 28.5 Å². The van der Waals surface area contributed by atoms with E-state index in [0.29, 0.717) is 11.3 Å². The zero-order valence-electron chi connectivity index (χ0n) is 43.1. The molecule has 1 aliphatic rings. The van der Waals surface area contributed by atoms with Crippen LogP contribution in [0, 0.1) is 11.8 Å². The van der Waals surface area contributed by atoms with Crippen LogP contribution in [0.2, 0.25) is 0 Å². The third kappa shape index (κ3) is 22.6. The summed E-state index contributed by atoms with van der Waals surface area (Å²) in [6, 6.07) is -5.55. The molecule has 0 bridgehead atoms. The van der Waals surface area contributed by atoms with Crippen molar-refractivity contribution in [1.82, 2.24) is 63.1 Å². The van der Waals surface area contributed by atoms with Crippen molar-refractivity contribution in [3.05, 3.63) is 48.0 Å². The first kappa shape index (κ1) is 63.6. The molecule has 1 aromatic heterocycles. The molecule has 11 amide bonds. The summed E-state index contributed by atoms with van der Waals surface area (Å²) in [6.07, 6.45) is 2.33. The summed E-state index contributed by atoms with van der Waals surface area (Å²) in [6.45, 7) is 5.14. The summed E-state index contributed by atoms with van der Waals surface area (Å²) in [5.74, 6) is -11.5. The van der Waals surface area contributed by atoms with E-state index in [9.17, 15) is 63.0 Å². The number of aromatic amines is 1. The van der Waals surface area contributed by atoms with Crippen molar-refractivity contribution in [2.24, 2.45) is 34.0 Å². The van der Waals surface area contributed by atoms with Crippen LogP contribution in [0.5, 0.6) is 5.75 Å². The van der Waals surface area contributed by atoms with Crippen LogP contribution in [-0.4, -0.2) is 177 Å². The Morgan fingerprint density at radius 2 is 1.25 bits per heavy atom. The molecule has 0 radical (unpaired) electrons. The Labute approximate surface area is 451 Å². The lowest BCUT2D eigenvalue weighted by Crippen LogP contribution is -2.59. The first-order chi connectivity index (χ1) is 36.4. The van der Waals surface area contributed by atoms with Crippen molar-refractivity contribution in [2.45, 2.75) is 109 Å². The normalized spacial score (nSPS) is 23.9. The van der Waals surface area contributed by atoms with Crippen LogP contribution in [0.1, 0.15) is 58.7 Å². The lowest BCUT2D eigenvalue weighted by atomic mass is 10.0. The topological polar surface area (TPSA) is 468 Å². The predicted molar refractivity (Wildman–Crippen MR) is 282 cm³/mol. The number of imidazole rings is 1. The van der Waals surface area contributed by atoms with E-state index < -0.39 is 145 Å². The number of rotatable bonds is 13. The Morgan fingerprint density at radius 1 is 0.688 bits per heavy atom. The average Bonchev–Trinajstić information content (AvgIpc) is 3.88. The molecule has 19 N–H and O–H groups in total. The van der Waals surface area contributed by atoms with Gasteiger partial charge in [-0.2, -0.15) is 0 Å². The maximum absolute atomic E-state index is 14.0. The van der Waals surface area contributed by atoms with E-state index in [4.69, 9.17) is 17.2 Å². The number of carbonyl (C=O) groups excluding carboxylic acids is 11. The maximum atomic E-state index is 14.0. The first-order valence-corrected chi connectivity index (χ1v) is 26.8. The van der Waals surface area contributed by atoms with Gasteiger partial charge in [-0.05, 0) is 42.4 Å². The van der Waals surface area contributed by atoms with Crippen LogP contribution in [0.25, 0.3) is 0 Å². The zero-order chi connectivity index (χ0) is 57.4. The van der Waals surface area contributed by atoms with Gasteiger partial charge in [0.25, 0.3) is 0 Å². The molecule has 8 atom stereocenters. The van der Waals surface area contributed by atoms with E-state index in [1.54, 1.807) is 27.7 Å². The molecule has 3 rings (SSSR count). The Morgan fingerprint density at radius 3 is 1.83 bits per heavy atom. The van der Waals surface area contributed by atoms with Crippen molar-refractivity contribution < 1.29 is 63.0 Å². The quantitative estimate of drug-likeness (QED) is 0.0385. The fourth-order valence-corrected chi connectivity index (χ4v) is 9.51. The lowest BCUT2D eigenvalue weighted by molar-refractivity contribution is -0.135. The molecule has 1 aliphatic heterocycles. The zero-order valence-corrected chi connectivity index (χ0v) is 44.8. The number of amides is 11. The summed E-state index contributed by atoms with van der Waals surface area (Å²) in [5.41, 5.74) is 17.4. The van der Waals surface area contributed by atoms with Crippen LogP contribution < -0.4 is 70.4 Å². The van der Waals surface area contributed by atoms with E-state index in [1.807, 2.05) is 0 Å². The van der Waals surface area contributed by atoms with Gasteiger partial charge in [-0.3, -0.25) is 57.7 Å². The van der Waals surface area contributed by atoms with Crippen LogP contribution in [-0.2, 0) is 65.6 Å². The second kappa shape index (κ2) is 32.0. The van der Waals surface area contributed by atoms with Gasteiger partial charge in [-0.15, -0.1) is 0 Å². The van der Waals surface area contributed by atoms with Gasteiger partial charge in [0, 0.05) is 49.7 Å². The number of nitrogens with two attached hydrogens (primary N) is 3. The number of nitrogens with zero attached hydrogens (tertiary/aromatic N) is 2. The van der Waals surface area contributed by atoms with Crippen LogP contribution in [0.15, 0.2) is 41.8 Å². The van der Waals surface area contributed by atoms with E-state index in [1.165, 1.54) is 36.8 Å². The van der Waals surface area contributed by atoms with Gasteiger partial charge in [0.1, 0.15) is 54.1 Å². The number of nitrogens with one attached hydrogen (secondary N) is 11. The number of aliphatic hydroxyl groups excluding tert-OH is 1. The molecule has 0 spiro atoms. The number of phenolic OH excluding ortho intramolecular Hbond substituents is 1. The fourth-order valence-electron chi connectivity index (χ4n) is 7.16. The average molecular weight is 1120 g/mol. The molecular formula is C46H70N16O13S2. The highest BCUT2D eigenvalue weighted by Gasteiger charge is 2.34. The van der Waals surface area contributed by atoms with Gasteiger partial charge in [0.15, 0.2) is 5.96 Å². The van der Waals surface area contributed by atoms with Crippen LogP contribution in [0.4, 0.5) is 0 Å². The van der Waals surface area contributed by atoms with Gasteiger partial charge in [0.2, 0.25) is 65.0 Å². The summed E-state index contributed by atoms with van der Waals surface area (Å²) in [7, 11) is 1.96. The molecule has 1 aromatic carbocycles. The van der Waals surface area contributed by atoms with Crippen LogP contribution in [0.3, 0.4) is 0 Å². The molecule has 0 saturated carbocycles. The number of aliphatic hydroxyl groups is 1. The number of primary amides is 1. The Hall–Kier alpha value is -7.67. The lowest BCUT2D eigenvalue weighted by Gasteiger charge is -2.27. The summed E-state index contributed by atoms with van der Waals surface area (Å²) in [4.78, 5) is 159. The third-order valence-electron chi connectivity index (χ3n) is 11.3. The molecule has 2 aromatic rings. The number of aromatic hydroxyl groups is 1. The highest BCUT2D eigenvalue weighted by molar-refractivity contribution is 8.76. The van der Waals surface area contributed by atoms with E-state index >= 15 is 0 Å². The number of benzene rings is 1. The van der Waals surface area contributed by atoms with Gasteiger partial charge in [-0.25, -0.2) is 4.98 Å². The smallest absolute Gasteiger partial charge is 0.245 e. The number of hydrogen-bond acceptors (Lipinski definition) is 17. The van der Waals surface area contributed by atoms with Crippen molar-refractivity contribution >= 4 is 92.5 Å². The molecule has 1 saturated heterocycles. The van der Waals surface area contributed by atoms with Gasteiger partial charge < -0.3 is 85.6 Å². The molecule has 31 heteroatoms.